The van der Waals surface area contributed by atoms with Crippen LogP contribution in [-0.4, -0.2) is 59.8 Å². The molecule has 3 rings (SSSR count). The third-order valence-electron chi connectivity index (χ3n) is 3.97. The number of aryl methyl sites for hydroxylation is 1. The molecule has 8 heteroatoms. The number of guanidine groups is 1. The number of nitrogens with one attached hydrogen (secondary N) is 1. The fourth-order valence-electron chi connectivity index (χ4n) is 2.76. The number of piperazine rings is 1. The van der Waals surface area contributed by atoms with Crippen LogP contribution in [-0.2, 0) is 18.3 Å². The van der Waals surface area contributed by atoms with Gasteiger partial charge in [-0.3, -0.25) is 14.5 Å². The molecule has 2 aromatic rings. The molecule has 24 heavy (non-hydrogen) atoms. The minimum absolute atomic E-state index is 0.0652. The number of nitrogens with zero attached hydrogens (tertiary/aromatic N) is 5. The highest BCUT2D eigenvalue weighted by atomic mass is 32.1. The van der Waals surface area contributed by atoms with Crippen LogP contribution >= 0.6 is 11.3 Å². The third-order valence-corrected chi connectivity index (χ3v) is 4.91. The van der Waals surface area contributed by atoms with E-state index in [2.05, 4.69) is 32.9 Å². The fraction of sp³-hybridized carbons (Fsp3) is 0.438. The van der Waals surface area contributed by atoms with Crippen LogP contribution in [0.2, 0.25) is 0 Å². The summed E-state index contributed by atoms with van der Waals surface area (Å²) in [6, 6.07) is 4.19. The van der Waals surface area contributed by atoms with Gasteiger partial charge < -0.3 is 15.1 Å². The first kappa shape index (κ1) is 16.5. The summed E-state index contributed by atoms with van der Waals surface area (Å²) in [7, 11) is 3.61. The van der Waals surface area contributed by atoms with E-state index in [0.717, 1.165) is 31.2 Å². The number of hydrogen-bond donors (Lipinski definition) is 1. The fourth-order valence-corrected chi connectivity index (χ4v) is 3.47. The van der Waals surface area contributed by atoms with Gasteiger partial charge in [-0.1, -0.05) is 6.07 Å². The molecule has 1 aliphatic heterocycles. The topological polar surface area (TPSA) is 65.8 Å². The normalized spacial score (nSPS) is 15.9. The second-order valence-corrected chi connectivity index (χ2v) is 6.67. The molecular weight excluding hydrogens is 324 g/mol. The quantitative estimate of drug-likeness (QED) is 0.661. The Bertz CT molecular complexity index is 708. The van der Waals surface area contributed by atoms with Gasteiger partial charge in [0.2, 0.25) is 5.91 Å². The number of carbonyl (C=O) groups excluding carboxylic acids is 1. The van der Waals surface area contributed by atoms with Gasteiger partial charge in [0.05, 0.1) is 11.9 Å². The monoisotopic (exact) mass is 346 g/mol. The first-order valence-corrected chi connectivity index (χ1v) is 8.82. The number of aliphatic imine (C=N–C) groups is 1. The van der Waals surface area contributed by atoms with E-state index in [1.807, 2.05) is 18.1 Å². The van der Waals surface area contributed by atoms with Crippen LogP contribution in [0.15, 0.2) is 34.9 Å². The average Bonchev–Trinajstić information content (AvgIpc) is 3.23. The van der Waals surface area contributed by atoms with Gasteiger partial charge in [-0.25, -0.2) is 0 Å². The average molecular weight is 346 g/mol. The van der Waals surface area contributed by atoms with Gasteiger partial charge in [-0.05, 0) is 17.9 Å². The summed E-state index contributed by atoms with van der Waals surface area (Å²) in [4.78, 5) is 21.9. The number of amides is 1. The zero-order valence-corrected chi connectivity index (χ0v) is 14.8. The SMILES string of the molecule is CN=C(NCCc1cccs1)N1CCN(c2cnn(C)c2)C(=O)C1. The Kier molecular flexibility index (Phi) is 5.14. The molecule has 0 radical (unpaired) electrons. The lowest BCUT2D eigenvalue weighted by Crippen LogP contribution is -2.55. The highest BCUT2D eigenvalue weighted by Crippen LogP contribution is 2.16. The predicted octanol–water partition coefficient (Wildman–Crippen LogP) is 0.948. The Hall–Kier alpha value is -2.35. The van der Waals surface area contributed by atoms with Crippen molar-refractivity contribution in [3.05, 3.63) is 34.8 Å². The molecular formula is C16H22N6OS. The lowest BCUT2D eigenvalue weighted by atomic mass is 10.3. The summed E-state index contributed by atoms with van der Waals surface area (Å²) in [5.41, 5.74) is 0.850. The van der Waals surface area contributed by atoms with Gasteiger partial charge in [0.15, 0.2) is 5.96 Å². The molecule has 3 heterocycles. The molecule has 0 aromatic carbocycles. The van der Waals surface area contributed by atoms with E-state index >= 15 is 0 Å². The number of carbonyl (C=O) groups is 1. The standard InChI is InChI=1S/C16H22N6OS/c1-17-16(18-6-5-14-4-3-9-24-14)21-7-8-22(15(23)12-21)13-10-19-20(2)11-13/h3-4,9-11H,5-8,12H2,1-2H3,(H,17,18). The van der Waals surface area contributed by atoms with Crippen molar-refractivity contribution in [2.75, 3.05) is 38.1 Å². The Morgan fingerprint density at radius 2 is 2.33 bits per heavy atom. The number of thiophene rings is 1. The number of rotatable bonds is 4. The molecule has 0 saturated carbocycles. The van der Waals surface area contributed by atoms with Crippen molar-refractivity contribution < 1.29 is 4.79 Å². The summed E-state index contributed by atoms with van der Waals surface area (Å²) in [5, 5.41) is 9.57. The van der Waals surface area contributed by atoms with E-state index in [1.54, 1.807) is 34.2 Å². The molecule has 1 N–H and O–H groups in total. The Labute approximate surface area is 145 Å². The molecule has 128 valence electrons. The van der Waals surface area contributed by atoms with Crippen LogP contribution in [0.3, 0.4) is 0 Å². The zero-order valence-electron chi connectivity index (χ0n) is 14.0. The van der Waals surface area contributed by atoms with Crippen molar-refractivity contribution in [1.29, 1.82) is 0 Å². The summed E-state index contributed by atoms with van der Waals surface area (Å²) < 4.78 is 1.71. The van der Waals surface area contributed by atoms with Crippen LogP contribution in [0.4, 0.5) is 5.69 Å². The van der Waals surface area contributed by atoms with Crippen LogP contribution in [0.1, 0.15) is 4.88 Å². The third kappa shape index (κ3) is 3.76. The minimum atomic E-state index is 0.0652. The Morgan fingerprint density at radius 1 is 1.46 bits per heavy atom. The summed E-state index contributed by atoms with van der Waals surface area (Å²) >= 11 is 1.76. The van der Waals surface area contributed by atoms with Crippen LogP contribution in [0.5, 0.6) is 0 Å². The predicted molar refractivity (Wildman–Crippen MR) is 96.5 cm³/mol. The summed E-state index contributed by atoms with van der Waals surface area (Å²) in [5.74, 6) is 0.848. The van der Waals surface area contributed by atoms with Crippen molar-refractivity contribution in [2.45, 2.75) is 6.42 Å². The maximum atomic E-state index is 12.5. The van der Waals surface area contributed by atoms with Crippen molar-refractivity contribution in [3.8, 4) is 0 Å². The maximum absolute atomic E-state index is 12.5. The lowest BCUT2D eigenvalue weighted by Gasteiger charge is -2.35. The zero-order chi connectivity index (χ0) is 16.9. The van der Waals surface area contributed by atoms with E-state index < -0.39 is 0 Å². The van der Waals surface area contributed by atoms with Crippen LogP contribution in [0, 0.1) is 0 Å². The van der Waals surface area contributed by atoms with Crippen LogP contribution < -0.4 is 10.2 Å². The number of anilines is 1. The van der Waals surface area contributed by atoms with Crippen molar-refractivity contribution in [1.82, 2.24) is 20.0 Å². The molecule has 0 bridgehead atoms. The van der Waals surface area contributed by atoms with Gasteiger partial charge in [-0.15, -0.1) is 11.3 Å². The highest BCUT2D eigenvalue weighted by molar-refractivity contribution is 7.09. The van der Waals surface area contributed by atoms with E-state index in [9.17, 15) is 4.79 Å². The van der Waals surface area contributed by atoms with Gasteiger partial charge in [0.25, 0.3) is 0 Å². The van der Waals surface area contributed by atoms with E-state index in [0.29, 0.717) is 13.1 Å². The van der Waals surface area contributed by atoms with E-state index in [1.165, 1.54) is 4.88 Å². The molecule has 7 nitrogen and oxygen atoms in total. The van der Waals surface area contributed by atoms with Crippen molar-refractivity contribution in [2.24, 2.45) is 12.0 Å². The molecule has 0 unspecified atom stereocenters. The van der Waals surface area contributed by atoms with Crippen molar-refractivity contribution >= 4 is 28.9 Å². The van der Waals surface area contributed by atoms with Gasteiger partial charge in [0, 0.05) is 44.8 Å². The van der Waals surface area contributed by atoms with Crippen molar-refractivity contribution in [3.63, 3.8) is 0 Å². The Balaban J connectivity index is 1.54. The molecule has 1 aliphatic rings. The molecule has 0 aliphatic carbocycles. The van der Waals surface area contributed by atoms with E-state index in [4.69, 9.17) is 0 Å². The first-order chi connectivity index (χ1) is 11.7. The number of aromatic nitrogens is 2. The van der Waals surface area contributed by atoms with E-state index in [-0.39, 0.29) is 5.91 Å². The smallest absolute Gasteiger partial charge is 0.246 e. The van der Waals surface area contributed by atoms with Gasteiger partial charge in [0.1, 0.15) is 6.54 Å². The summed E-state index contributed by atoms with van der Waals surface area (Å²) in [6.45, 7) is 2.52. The molecule has 2 aromatic heterocycles. The largest absolute Gasteiger partial charge is 0.356 e. The molecule has 1 saturated heterocycles. The molecule has 0 spiro atoms. The second kappa shape index (κ2) is 7.48. The van der Waals surface area contributed by atoms with Gasteiger partial charge >= 0.3 is 0 Å². The molecule has 1 amide bonds. The lowest BCUT2D eigenvalue weighted by molar-refractivity contribution is -0.120. The molecule has 0 atom stereocenters. The minimum Gasteiger partial charge on any atom is -0.356 e. The Morgan fingerprint density at radius 3 is 2.96 bits per heavy atom. The second-order valence-electron chi connectivity index (χ2n) is 5.64. The molecule has 1 fully saturated rings. The van der Waals surface area contributed by atoms with Crippen LogP contribution in [0.25, 0.3) is 0 Å². The van der Waals surface area contributed by atoms with Gasteiger partial charge in [-0.2, -0.15) is 5.10 Å². The highest BCUT2D eigenvalue weighted by Gasteiger charge is 2.27. The number of hydrogen-bond acceptors (Lipinski definition) is 4. The summed E-state index contributed by atoms with van der Waals surface area (Å²) in [6.07, 6.45) is 4.55. The first-order valence-electron chi connectivity index (χ1n) is 7.94. The maximum Gasteiger partial charge on any atom is 0.246 e.